The van der Waals surface area contributed by atoms with Crippen LogP contribution in [0.3, 0.4) is 0 Å². The molecule has 0 fully saturated rings. The monoisotopic (exact) mass is 218 g/mol. The minimum absolute atomic E-state index is 0.158. The summed E-state index contributed by atoms with van der Waals surface area (Å²) in [7, 11) is -2.23. The number of amides is 1. The number of nitrogens with two attached hydrogens (primary N) is 1. The van der Waals surface area contributed by atoms with E-state index < -0.39 is 8.32 Å². The van der Waals surface area contributed by atoms with E-state index in [0.29, 0.717) is 6.42 Å². The molecule has 84 valence electrons. The molecule has 1 amide bonds. The molecule has 0 rings (SSSR count). The van der Waals surface area contributed by atoms with Crippen molar-refractivity contribution in [2.24, 2.45) is 11.8 Å². The van der Waals surface area contributed by atoms with Crippen molar-refractivity contribution < 1.29 is 9.59 Å². The highest BCUT2D eigenvalue weighted by Crippen LogP contribution is 2.41. The predicted octanol–water partition coefficient (Wildman–Crippen LogP) is 0.980. The summed E-state index contributed by atoms with van der Waals surface area (Å²) in [6.45, 7) is 9.60. The maximum Gasteiger partial charge on any atom is 0.236 e. The highest BCUT2D eigenvalue weighted by Gasteiger charge is 2.39. The lowest BCUT2D eigenvalue weighted by Crippen LogP contribution is -2.43. The molecule has 14 heavy (non-hydrogen) atoms. The van der Waals surface area contributed by atoms with Gasteiger partial charge in [0, 0.05) is 5.92 Å². The first-order valence-corrected chi connectivity index (χ1v) is 7.79. The van der Waals surface area contributed by atoms with Gasteiger partial charge in [0.2, 0.25) is 5.91 Å². The van der Waals surface area contributed by atoms with Gasteiger partial charge >= 0.3 is 0 Å². The maximum absolute atomic E-state index is 11.2. The van der Waals surface area contributed by atoms with E-state index in [0.717, 1.165) is 0 Å². The van der Waals surface area contributed by atoms with Crippen LogP contribution in [0.4, 0.5) is 0 Å². The Labute approximate surface area is 87.0 Å². The van der Waals surface area contributed by atoms with Gasteiger partial charge in [0.25, 0.3) is 0 Å². The summed E-state index contributed by atoms with van der Waals surface area (Å²) >= 11 is 0. The lowest BCUT2D eigenvalue weighted by atomic mass is 9.97. The van der Waals surface area contributed by atoms with Crippen LogP contribution < -0.4 is 11.3 Å². The summed E-state index contributed by atoms with van der Waals surface area (Å²) in [5.74, 6) is 4.72. The molecule has 0 bridgehead atoms. The molecular formula is C9H22N2O2Si. The Morgan fingerprint density at radius 1 is 1.57 bits per heavy atom. The Morgan fingerprint density at radius 3 is 2.29 bits per heavy atom. The smallest absolute Gasteiger partial charge is 0.236 e. The van der Waals surface area contributed by atoms with Crippen molar-refractivity contribution in [3.05, 3.63) is 0 Å². The first-order chi connectivity index (χ1) is 6.12. The lowest BCUT2D eigenvalue weighted by molar-refractivity contribution is -0.125. The quantitative estimate of drug-likeness (QED) is 0.285. The molecule has 0 radical (unpaired) electrons. The van der Waals surface area contributed by atoms with Crippen LogP contribution in [0.5, 0.6) is 0 Å². The molecule has 0 saturated heterocycles. The zero-order valence-corrected chi connectivity index (χ0v) is 10.7. The summed E-state index contributed by atoms with van der Waals surface area (Å²) < 4.78 is 0. The molecule has 0 spiro atoms. The van der Waals surface area contributed by atoms with Gasteiger partial charge in [0.1, 0.15) is 0 Å². The molecule has 0 saturated carbocycles. The van der Waals surface area contributed by atoms with Gasteiger partial charge in [-0.05, 0) is 24.6 Å². The molecule has 0 aliphatic heterocycles. The summed E-state index contributed by atoms with van der Waals surface area (Å²) in [5, 5.41) is -0.182. The lowest BCUT2D eigenvalue weighted by Gasteiger charge is -2.36. The van der Waals surface area contributed by atoms with E-state index in [2.05, 4.69) is 5.43 Å². The minimum Gasteiger partial charge on any atom is -0.432 e. The van der Waals surface area contributed by atoms with Crippen molar-refractivity contribution in [3.8, 4) is 0 Å². The van der Waals surface area contributed by atoms with E-state index in [9.17, 15) is 9.59 Å². The van der Waals surface area contributed by atoms with E-state index >= 15 is 0 Å². The van der Waals surface area contributed by atoms with Crippen molar-refractivity contribution in [2.75, 3.05) is 0 Å². The summed E-state index contributed by atoms with van der Waals surface area (Å²) in [6, 6.07) is 0. The summed E-state index contributed by atoms with van der Waals surface area (Å²) in [4.78, 5) is 21.2. The number of nitrogens with one attached hydrogen (secondary N) is 1. The van der Waals surface area contributed by atoms with Gasteiger partial charge in [-0.25, -0.2) is 5.84 Å². The van der Waals surface area contributed by atoms with Gasteiger partial charge in [-0.1, -0.05) is 20.8 Å². The zero-order valence-electron chi connectivity index (χ0n) is 9.72. The van der Waals surface area contributed by atoms with Crippen molar-refractivity contribution in [2.45, 2.75) is 45.3 Å². The Morgan fingerprint density at radius 2 is 2.00 bits per heavy atom. The van der Waals surface area contributed by atoms with Crippen molar-refractivity contribution in [1.29, 1.82) is 0 Å². The van der Waals surface area contributed by atoms with Crippen LogP contribution in [-0.2, 0) is 4.79 Å². The summed E-state index contributed by atoms with van der Waals surface area (Å²) in [6.07, 6.45) is 0.658. The van der Waals surface area contributed by atoms with E-state index in [4.69, 9.17) is 5.84 Å². The molecular weight excluding hydrogens is 196 g/mol. The number of rotatable bonds is 4. The number of hydrazine groups is 1. The standard InChI is InChI=1S/C9H22N2O2Si/c1-7(8(12)11-10)6-9(2,3)14(4,5)13/h7,13H,6,10H2,1-5H3,(H,11,12)/t7-/m0/s1. The Bertz CT molecular complexity index is 211. The second-order valence-electron chi connectivity index (χ2n) is 5.06. The maximum atomic E-state index is 11.2. The van der Waals surface area contributed by atoms with E-state index in [1.165, 1.54) is 0 Å². The molecule has 0 aliphatic carbocycles. The molecule has 0 aromatic heterocycles. The normalized spacial score (nSPS) is 15.1. The van der Waals surface area contributed by atoms with Crippen LogP contribution in [0, 0.1) is 5.92 Å². The van der Waals surface area contributed by atoms with Crippen LogP contribution in [0.1, 0.15) is 27.2 Å². The molecule has 4 nitrogen and oxygen atoms in total. The minimum atomic E-state index is -2.23. The number of carbonyl (C=O) groups excluding carboxylic acids is 1. The van der Waals surface area contributed by atoms with Gasteiger partial charge in [-0.2, -0.15) is 0 Å². The van der Waals surface area contributed by atoms with Gasteiger partial charge in [-0.15, -0.1) is 0 Å². The first kappa shape index (κ1) is 13.6. The molecule has 5 heteroatoms. The molecule has 1 atom stereocenters. The molecule has 0 heterocycles. The second kappa shape index (κ2) is 4.42. The molecule has 0 aliphatic rings. The van der Waals surface area contributed by atoms with Crippen molar-refractivity contribution in [1.82, 2.24) is 5.43 Å². The Hall–Kier alpha value is -0.393. The molecule has 0 aromatic rings. The van der Waals surface area contributed by atoms with Gasteiger partial charge in [0.05, 0.1) is 0 Å². The van der Waals surface area contributed by atoms with Crippen LogP contribution in [0.2, 0.25) is 18.1 Å². The summed E-state index contributed by atoms with van der Waals surface area (Å²) in [5.41, 5.74) is 2.13. The number of hydrogen-bond acceptors (Lipinski definition) is 3. The fourth-order valence-corrected chi connectivity index (χ4v) is 2.06. The third kappa shape index (κ3) is 3.40. The average Bonchev–Trinajstić information content (AvgIpc) is 2.00. The van der Waals surface area contributed by atoms with Crippen LogP contribution in [0.25, 0.3) is 0 Å². The van der Waals surface area contributed by atoms with Gasteiger partial charge in [0.15, 0.2) is 8.32 Å². The largest absolute Gasteiger partial charge is 0.432 e. The topological polar surface area (TPSA) is 75.3 Å². The van der Waals surface area contributed by atoms with Crippen LogP contribution in [-0.4, -0.2) is 19.0 Å². The van der Waals surface area contributed by atoms with E-state index in [-0.39, 0.29) is 16.9 Å². The SMILES string of the molecule is C[C@@H](CC(C)(C)[Si](C)(C)O)C(=O)NN. The van der Waals surface area contributed by atoms with Crippen LogP contribution in [0.15, 0.2) is 0 Å². The van der Waals surface area contributed by atoms with Gasteiger partial charge < -0.3 is 4.80 Å². The third-order valence-corrected chi connectivity index (χ3v) is 6.58. The molecule has 4 N–H and O–H groups in total. The van der Waals surface area contributed by atoms with Gasteiger partial charge in [-0.3, -0.25) is 10.2 Å². The fraction of sp³-hybridized carbons (Fsp3) is 0.889. The van der Waals surface area contributed by atoms with Crippen molar-refractivity contribution in [3.63, 3.8) is 0 Å². The zero-order chi connectivity index (χ0) is 11.6. The van der Waals surface area contributed by atoms with E-state index in [1.807, 2.05) is 33.9 Å². The van der Waals surface area contributed by atoms with Crippen LogP contribution >= 0.6 is 0 Å². The van der Waals surface area contributed by atoms with Crippen molar-refractivity contribution >= 4 is 14.2 Å². The highest BCUT2D eigenvalue weighted by molar-refractivity contribution is 6.72. The molecule has 0 aromatic carbocycles. The highest BCUT2D eigenvalue weighted by atomic mass is 28.4. The van der Waals surface area contributed by atoms with E-state index in [1.54, 1.807) is 0 Å². The first-order valence-electron chi connectivity index (χ1n) is 4.84. The average molecular weight is 218 g/mol. The molecule has 0 unspecified atom stereocenters. The predicted molar refractivity (Wildman–Crippen MR) is 59.9 cm³/mol. The Kier molecular flexibility index (Phi) is 4.29. The number of hydrogen-bond donors (Lipinski definition) is 3. The second-order valence-corrected chi connectivity index (χ2v) is 9.53. The fourth-order valence-electron chi connectivity index (χ4n) is 1.25. The Balaban J connectivity index is 4.44. The number of carbonyl (C=O) groups is 1. The third-order valence-electron chi connectivity index (χ3n) is 3.06.